The molecule has 0 saturated heterocycles. The standard InChI is InChI=1S/C13H14ClN3O/c1-7-4-10(14)5-8(2)11(7)18-12-9(3)6-16-13(15)17-12/h4-6H,1-3H3,(H2,15,16,17). The summed E-state index contributed by atoms with van der Waals surface area (Å²) in [5.74, 6) is 1.41. The van der Waals surface area contributed by atoms with Gasteiger partial charge in [0.1, 0.15) is 5.75 Å². The van der Waals surface area contributed by atoms with Crippen molar-refractivity contribution in [3.8, 4) is 11.6 Å². The smallest absolute Gasteiger partial charge is 0.226 e. The van der Waals surface area contributed by atoms with Gasteiger partial charge in [0.2, 0.25) is 11.8 Å². The third kappa shape index (κ3) is 2.54. The fraction of sp³-hybridized carbons (Fsp3) is 0.231. The first-order valence-electron chi connectivity index (χ1n) is 5.51. The molecule has 1 heterocycles. The Morgan fingerprint density at radius 3 is 2.33 bits per heavy atom. The summed E-state index contributed by atoms with van der Waals surface area (Å²) in [6, 6.07) is 3.70. The van der Waals surface area contributed by atoms with Crippen LogP contribution in [0.15, 0.2) is 18.3 Å². The molecular formula is C13H14ClN3O. The number of nitrogen functional groups attached to an aromatic ring is 1. The average Bonchev–Trinajstić information content (AvgIpc) is 2.28. The zero-order valence-electron chi connectivity index (χ0n) is 10.5. The summed E-state index contributed by atoms with van der Waals surface area (Å²) in [4.78, 5) is 7.99. The van der Waals surface area contributed by atoms with Gasteiger partial charge in [-0.05, 0) is 44.0 Å². The molecule has 2 N–H and O–H groups in total. The molecule has 0 atom stereocenters. The Bertz CT molecular complexity index is 576. The van der Waals surface area contributed by atoms with Gasteiger partial charge in [0, 0.05) is 16.8 Å². The van der Waals surface area contributed by atoms with Gasteiger partial charge < -0.3 is 10.5 Å². The molecule has 0 saturated carbocycles. The molecule has 0 aliphatic carbocycles. The van der Waals surface area contributed by atoms with E-state index in [-0.39, 0.29) is 5.95 Å². The highest BCUT2D eigenvalue weighted by Crippen LogP contribution is 2.31. The van der Waals surface area contributed by atoms with E-state index in [0.717, 1.165) is 22.4 Å². The number of anilines is 1. The minimum Gasteiger partial charge on any atom is -0.438 e. The first kappa shape index (κ1) is 12.6. The summed E-state index contributed by atoms with van der Waals surface area (Å²) in [6.07, 6.45) is 1.64. The predicted molar refractivity (Wildman–Crippen MR) is 72.2 cm³/mol. The molecule has 0 fully saturated rings. The normalized spacial score (nSPS) is 10.4. The van der Waals surface area contributed by atoms with Crippen LogP contribution in [0.3, 0.4) is 0 Å². The Kier molecular flexibility index (Phi) is 3.39. The largest absolute Gasteiger partial charge is 0.438 e. The molecular weight excluding hydrogens is 250 g/mol. The Morgan fingerprint density at radius 1 is 1.11 bits per heavy atom. The van der Waals surface area contributed by atoms with E-state index in [1.54, 1.807) is 6.20 Å². The van der Waals surface area contributed by atoms with E-state index in [1.165, 1.54) is 0 Å². The van der Waals surface area contributed by atoms with Crippen molar-refractivity contribution in [1.29, 1.82) is 0 Å². The molecule has 2 rings (SSSR count). The first-order valence-corrected chi connectivity index (χ1v) is 5.89. The van der Waals surface area contributed by atoms with Gasteiger partial charge in [-0.1, -0.05) is 11.6 Å². The van der Waals surface area contributed by atoms with Crippen LogP contribution in [0.1, 0.15) is 16.7 Å². The number of hydrogen-bond donors (Lipinski definition) is 1. The molecule has 0 unspecified atom stereocenters. The Labute approximate surface area is 111 Å². The van der Waals surface area contributed by atoms with Crippen molar-refractivity contribution in [2.75, 3.05) is 5.73 Å². The molecule has 1 aromatic carbocycles. The highest BCUT2D eigenvalue weighted by Gasteiger charge is 2.10. The molecule has 0 bridgehead atoms. The maximum absolute atomic E-state index is 5.98. The number of hydrogen-bond acceptors (Lipinski definition) is 4. The van der Waals surface area contributed by atoms with Crippen molar-refractivity contribution in [3.63, 3.8) is 0 Å². The van der Waals surface area contributed by atoms with Crippen LogP contribution >= 0.6 is 11.6 Å². The number of nitrogens with zero attached hydrogens (tertiary/aromatic N) is 2. The van der Waals surface area contributed by atoms with E-state index in [4.69, 9.17) is 22.1 Å². The SMILES string of the molecule is Cc1cnc(N)nc1Oc1c(C)cc(Cl)cc1C. The van der Waals surface area contributed by atoms with E-state index >= 15 is 0 Å². The predicted octanol–water partition coefficient (Wildman–Crippen LogP) is 3.43. The van der Waals surface area contributed by atoms with Gasteiger partial charge >= 0.3 is 0 Å². The summed E-state index contributed by atoms with van der Waals surface area (Å²) in [6.45, 7) is 5.75. The van der Waals surface area contributed by atoms with Gasteiger partial charge in [0.25, 0.3) is 0 Å². The fourth-order valence-electron chi connectivity index (χ4n) is 1.70. The van der Waals surface area contributed by atoms with E-state index in [1.807, 2.05) is 32.9 Å². The molecule has 18 heavy (non-hydrogen) atoms. The van der Waals surface area contributed by atoms with Crippen molar-refractivity contribution in [2.24, 2.45) is 0 Å². The molecule has 94 valence electrons. The van der Waals surface area contributed by atoms with Gasteiger partial charge in [-0.25, -0.2) is 4.98 Å². The zero-order valence-corrected chi connectivity index (χ0v) is 11.2. The molecule has 4 nitrogen and oxygen atoms in total. The average molecular weight is 264 g/mol. The number of nitrogens with two attached hydrogens (primary N) is 1. The molecule has 0 aliphatic heterocycles. The van der Waals surface area contributed by atoms with Crippen LogP contribution in [-0.2, 0) is 0 Å². The molecule has 0 amide bonds. The lowest BCUT2D eigenvalue weighted by atomic mass is 10.1. The molecule has 0 radical (unpaired) electrons. The topological polar surface area (TPSA) is 61.0 Å². The van der Waals surface area contributed by atoms with E-state index < -0.39 is 0 Å². The van der Waals surface area contributed by atoms with E-state index in [2.05, 4.69) is 9.97 Å². The van der Waals surface area contributed by atoms with Crippen LogP contribution in [-0.4, -0.2) is 9.97 Å². The third-order valence-electron chi connectivity index (χ3n) is 2.57. The van der Waals surface area contributed by atoms with E-state index in [9.17, 15) is 0 Å². The van der Waals surface area contributed by atoms with Crippen molar-refractivity contribution >= 4 is 17.5 Å². The monoisotopic (exact) mass is 263 g/mol. The second kappa shape index (κ2) is 4.82. The highest BCUT2D eigenvalue weighted by molar-refractivity contribution is 6.30. The summed E-state index contributed by atoms with van der Waals surface area (Å²) < 4.78 is 5.82. The van der Waals surface area contributed by atoms with Crippen molar-refractivity contribution in [1.82, 2.24) is 9.97 Å². The van der Waals surface area contributed by atoms with Gasteiger partial charge in [0.15, 0.2) is 0 Å². The number of aryl methyl sites for hydroxylation is 3. The third-order valence-corrected chi connectivity index (χ3v) is 2.79. The minimum absolute atomic E-state index is 0.194. The molecule has 5 heteroatoms. The molecule has 0 spiro atoms. The maximum atomic E-state index is 5.98. The number of aromatic nitrogens is 2. The summed E-state index contributed by atoms with van der Waals surface area (Å²) in [7, 11) is 0. The summed E-state index contributed by atoms with van der Waals surface area (Å²) in [5.41, 5.74) is 8.30. The number of halogens is 1. The maximum Gasteiger partial charge on any atom is 0.226 e. The Morgan fingerprint density at radius 2 is 1.72 bits per heavy atom. The van der Waals surface area contributed by atoms with Crippen LogP contribution in [0.4, 0.5) is 5.95 Å². The summed E-state index contributed by atoms with van der Waals surface area (Å²) in [5, 5.41) is 0.691. The van der Waals surface area contributed by atoms with Crippen molar-refractivity contribution in [3.05, 3.63) is 40.0 Å². The number of benzene rings is 1. The van der Waals surface area contributed by atoms with Gasteiger partial charge in [-0.3, -0.25) is 0 Å². The van der Waals surface area contributed by atoms with Gasteiger partial charge in [-0.2, -0.15) is 4.98 Å². The lowest BCUT2D eigenvalue weighted by Gasteiger charge is -2.13. The lowest BCUT2D eigenvalue weighted by molar-refractivity contribution is 0.451. The van der Waals surface area contributed by atoms with Crippen LogP contribution in [0.2, 0.25) is 5.02 Å². The highest BCUT2D eigenvalue weighted by atomic mass is 35.5. The Hall–Kier alpha value is -1.81. The van der Waals surface area contributed by atoms with Gasteiger partial charge in [0.05, 0.1) is 0 Å². The molecule has 0 aliphatic rings. The van der Waals surface area contributed by atoms with Crippen LogP contribution in [0, 0.1) is 20.8 Å². The van der Waals surface area contributed by atoms with E-state index in [0.29, 0.717) is 10.9 Å². The molecule has 1 aromatic heterocycles. The van der Waals surface area contributed by atoms with Crippen LogP contribution in [0.25, 0.3) is 0 Å². The van der Waals surface area contributed by atoms with Crippen molar-refractivity contribution < 1.29 is 4.74 Å². The van der Waals surface area contributed by atoms with Gasteiger partial charge in [-0.15, -0.1) is 0 Å². The van der Waals surface area contributed by atoms with Crippen LogP contribution in [0.5, 0.6) is 11.6 Å². The summed E-state index contributed by atoms with van der Waals surface area (Å²) >= 11 is 5.98. The second-order valence-corrected chi connectivity index (χ2v) is 4.62. The fourth-order valence-corrected chi connectivity index (χ4v) is 2.02. The number of rotatable bonds is 2. The Balaban J connectivity index is 2.43. The van der Waals surface area contributed by atoms with Crippen molar-refractivity contribution in [2.45, 2.75) is 20.8 Å². The first-order chi connectivity index (χ1) is 8.47. The number of ether oxygens (including phenoxy) is 1. The quantitative estimate of drug-likeness (QED) is 0.902. The molecule has 2 aromatic rings. The minimum atomic E-state index is 0.194. The van der Waals surface area contributed by atoms with Crippen LogP contribution < -0.4 is 10.5 Å². The second-order valence-electron chi connectivity index (χ2n) is 4.19. The lowest BCUT2D eigenvalue weighted by Crippen LogP contribution is -2.00. The zero-order chi connectivity index (χ0) is 13.3.